The molecule has 0 radical (unpaired) electrons. The lowest BCUT2D eigenvalue weighted by Crippen LogP contribution is -2.28. The van der Waals surface area contributed by atoms with Crippen LogP contribution in [0, 0.1) is 0 Å². The summed E-state index contributed by atoms with van der Waals surface area (Å²) in [5, 5.41) is 5.99. The van der Waals surface area contributed by atoms with E-state index in [0.717, 1.165) is 10.6 Å². The molecule has 0 saturated carbocycles. The first-order valence-corrected chi connectivity index (χ1v) is 6.98. The van der Waals surface area contributed by atoms with Gasteiger partial charge in [0.2, 0.25) is 0 Å². The average Bonchev–Trinajstić information content (AvgIpc) is 2.70. The molecule has 0 spiro atoms. The smallest absolute Gasteiger partial charge is 0.0500 e. The molecule has 1 heterocycles. The summed E-state index contributed by atoms with van der Waals surface area (Å²) in [6.07, 6.45) is 3.88. The lowest BCUT2D eigenvalue weighted by molar-refractivity contribution is 0.607. The van der Waals surface area contributed by atoms with Gasteiger partial charge < -0.3 is 4.57 Å². The standard InChI is InChI=1S/C19H19N/c1-5-8-18-14(4)17-11-15-9-6-7-10-16(15)12-19(17)20(18)13(2)3/h5-13H,1,4H2,2-3H3/b18-8+. The average molecular weight is 261 g/mol. The van der Waals surface area contributed by atoms with E-state index >= 15 is 0 Å². The molecule has 0 unspecified atom stereocenters. The molecule has 0 aliphatic heterocycles. The summed E-state index contributed by atoms with van der Waals surface area (Å²) >= 11 is 0. The van der Waals surface area contributed by atoms with Gasteiger partial charge in [-0.15, -0.1) is 0 Å². The third-order valence-electron chi connectivity index (χ3n) is 3.81. The fourth-order valence-electron chi connectivity index (χ4n) is 2.93. The van der Waals surface area contributed by atoms with E-state index in [-0.39, 0.29) is 0 Å². The number of rotatable bonds is 2. The highest BCUT2D eigenvalue weighted by Crippen LogP contribution is 2.21. The number of hydrogen-bond acceptors (Lipinski definition) is 0. The van der Waals surface area contributed by atoms with Gasteiger partial charge in [-0.25, -0.2) is 0 Å². The zero-order valence-corrected chi connectivity index (χ0v) is 12.1. The van der Waals surface area contributed by atoms with Gasteiger partial charge in [-0.2, -0.15) is 0 Å². The number of allylic oxidation sites excluding steroid dienone is 1. The molecule has 1 aromatic heterocycles. The quantitative estimate of drug-likeness (QED) is 0.662. The van der Waals surface area contributed by atoms with E-state index in [0.29, 0.717) is 6.04 Å². The van der Waals surface area contributed by atoms with Crippen LogP contribution in [-0.4, -0.2) is 4.57 Å². The predicted molar refractivity (Wildman–Crippen MR) is 89.3 cm³/mol. The fraction of sp³-hybridized carbons (Fsp3) is 0.158. The number of benzene rings is 2. The Morgan fingerprint density at radius 3 is 2.35 bits per heavy atom. The second-order valence-corrected chi connectivity index (χ2v) is 5.45. The van der Waals surface area contributed by atoms with Crippen molar-refractivity contribution in [1.29, 1.82) is 0 Å². The van der Waals surface area contributed by atoms with Crippen LogP contribution in [0.25, 0.3) is 34.3 Å². The molecule has 0 amide bonds. The summed E-state index contributed by atoms with van der Waals surface area (Å²) in [7, 11) is 0. The van der Waals surface area contributed by atoms with Gasteiger partial charge in [0, 0.05) is 27.5 Å². The summed E-state index contributed by atoms with van der Waals surface area (Å²) in [6, 6.07) is 13.4. The van der Waals surface area contributed by atoms with Crippen molar-refractivity contribution >= 4 is 34.3 Å². The van der Waals surface area contributed by atoms with Gasteiger partial charge >= 0.3 is 0 Å². The molecule has 0 aliphatic carbocycles. The summed E-state index contributed by atoms with van der Waals surface area (Å²) < 4.78 is 2.34. The summed E-state index contributed by atoms with van der Waals surface area (Å²) in [5.41, 5.74) is 1.25. The highest BCUT2D eigenvalue weighted by molar-refractivity contribution is 5.97. The minimum absolute atomic E-state index is 0.389. The van der Waals surface area contributed by atoms with Crippen LogP contribution in [0.3, 0.4) is 0 Å². The van der Waals surface area contributed by atoms with E-state index in [9.17, 15) is 0 Å². The Balaban J connectivity index is 2.59. The molecule has 0 bridgehead atoms. The zero-order valence-electron chi connectivity index (χ0n) is 12.1. The van der Waals surface area contributed by atoms with Crippen LogP contribution >= 0.6 is 0 Å². The van der Waals surface area contributed by atoms with Gasteiger partial charge in [0.15, 0.2) is 0 Å². The molecule has 20 heavy (non-hydrogen) atoms. The summed E-state index contributed by atoms with van der Waals surface area (Å²) in [4.78, 5) is 0. The zero-order chi connectivity index (χ0) is 14.3. The monoisotopic (exact) mass is 261 g/mol. The Morgan fingerprint density at radius 1 is 1.10 bits per heavy atom. The maximum absolute atomic E-state index is 4.28. The fourth-order valence-corrected chi connectivity index (χ4v) is 2.93. The molecule has 1 heteroatoms. The number of hydrogen-bond donors (Lipinski definition) is 0. The molecule has 0 atom stereocenters. The van der Waals surface area contributed by atoms with Crippen molar-refractivity contribution in [2.24, 2.45) is 0 Å². The van der Waals surface area contributed by atoms with E-state index in [2.05, 4.69) is 68.0 Å². The highest BCUT2D eigenvalue weighted by Gasteiger charge is 2.09. The summed E-state index contributed by atoms with van der Waals surface area (Å²) in [5.74, 6) is 0. The Labute approximate surface area is 119 Å². The van der Waals surface area contributed by atoms with Crippen molar-refractivity contribution in [2.75, 3.05) is 0 Å². The number of aromatic nitrogens is 1. The molecule has 0 aliphatic rings. The van der Waals surface area contributed by atoms with Crippen LogP contribution < -0.4 is 10.6 Å². The van der Waals surface area contributed by atoms with E-state index in [4.69, 9.17) is 0 Å². The lowest BCUT2D eigenvalue weighted by atomic mass is 10.1. The lowest BCUT2D eigenvalue weighted by Gasteiger charge is -2.11. The van der Waals surface area contributed by atoms with Crippen molar-refractivity contribution < 1.29 is 0 Å². The van der Waals surface area contributed by atoms with E-state index in [1.807, 2.05) is 12.2 Å². The molecule has 0 N–H and O–H groups in total. The molecule has 0 fully saturated rings. The molecule has 100 valence electrons. The Bertz CT molecular complexity index is 910. The number of nitrogens with zero attached hydrogens (tertiary/aromatic N) is 1. The predicted octanol–water partition coefficient (Wildman–Crippen LogP) is 3.75. The van der Waals surface area contributed by atoms with Gasteiger partial charge in [0.1, 0.15) is 0 Å². The largest absolute Gasteiger partial charge is 0.338 e. The third kappa shape index (κ3) is 1.78. The van der Waals surface area contributed by atoms with Crippen LogP contribution in [0.15, 0.2) is 49.1 Å². The van der Waals surface area contributed by atoms with Gasteiger partial charge in [0.25, 0.3) is 0 Å². The van der Waals surface area contributed by atoms with E-state index in [1.54, 1.807) is 0 Å². The first-order chi connectivity index (χ1) is 9.63. The molecule has 0 saturated heterocycles. The van der Waals surface area contributed by atoms with Crippen LogP contribution in [-0.2, 0) is 0 Å². The molecule has 3 aromatic rings. The molecule has 1 nitrogen and oxygen atoms in total. The SMILES string of the molecule is C=C/C=c1\c(=C)c2cc3ccccc3cc2n1C(C)C. The molecular weight excluding hydrogens is 242 g/mol. The van der Waals surface area contributed by atoms with Crippen LogP contribution in [0.4, 0.5) is 0 Å². The normalized spacial score (nSPS) is 12.7. The third-order valence-corrected chi connectivity index (χ3v) is 3.81. The molecule has 2 aromatic carbocycles. The molecular formula is C19H19N. The van der Waals surface area contributed by atoms with Gasteiger partial charge in [0.05, 0.1) is 0 Å². The highest BCUT2D eigenvalue weighted by atomic mass is 15.0. The van der Waals surface area contributed by atoms with Crippen molar-refractivity contribution in [3.63, 3.8) is 0 Å². The Kier molecular flexibility index (Phi) is 2.98. The van der Waals surface area contributed by atoms with Gasteiger partial charge in [-0.05, 0) is 42.8 Å². The first-order valence-electron chi connectivity index (χ1n) is 6.98. The second kappa shape index (κ2) is 4.68. The van der Waals surface area contributed by atoms with Crippen LogP contribution in [0.5, 0.6) is 0 Å². The van der Waals surface area contributed by atoms with Crippen molar-refractivity contribution in [1.82, 2.24) is 4.57 Å². The minimum atomic E-state index is 0.389. The first kappa shape index (κ1) is 12.7. The van der Waals surface area contributed by atoms with E-state index < -0.39 is 0 Å². The molecule has 3 rings (SSSR count). The topological polar surface area (TPSA) is 4.93 Å². The van der Waals surface area contributed by atoms with Crippen LogP contribution in [0.1, 0.15) is 19.9 Å². The maximum atomic E-state index is 4.28. The Morgan fingerprint density at radius 2 is 1.75 bits per heavy atom. The van der Waals surface area contributed by atoms with E-state index in [1.165, 1.54) is 21.7 Å². The second-order valence-electron chi connectivity index (χ2n) is 5.45. The minimum Gasteiger partial charge on any atom is -0.338 e. The number of fused-ring (bicyclic) bond motifs is 2. The van der Waals surface area contributed by atoms with Crippen molar-refractivity contribution in [2.45, 2.75) is 19.9 Å². The van der Waals surface area contributed by atoms with Gasteiger partial charge in [-0.3, -0.25) is 0 Å². The summed E-state index contributed by atoms with van der Waals surface area (Å²) in [6.45, 7) is 12.5. The van der Waals surface area contributed by atoms with Crippen molar-refractivity contribution in [3.8, 4) is 0 Å². The van der Waals surface area contributed by atoms with Crippen molar-refractivity contribution in [3.05, 3.63) is 59.6 Å². The van der Waals surface area contributed by atoms with Gasteiger partial charge in [-0.1, -0.05) is 43.5 Å². The van der Waals surface area contributed by atoms with Crippen LogP contribution in [0.2, 0.25) is 0 Å². The maximum Gasteiger partial charge on any atom is 0.0500 e. The Hall–Kier alpha value is -2.28.